The van der Waals surface area contributed by atoms with Crippen LogP contribution in [-0.2, 0) is 4.74 Å². The topological polar surface area (TPSA) is 60.2 Å². The Balaban J connectivity index is 1.86. The van der Waals surface area contributed by atoms with Crippen LogP contribution in [0.4, 0.5) is 0 Å². The van der Waals surface area contributed by atoms with Gasteiger partial charge in [0.25, 0.3) is 0 Å². The quantitative estimate of drug-likeness (QED) is 0.934. The molecule has 0 bridgehead atoms. The summed E-state index contributed by atoms with van der Waals surface area (Å²) >= 11 is 12.0. The zero-order valence-electron chi connectivity index (χ0n) is 11.5. The summed E-state index contributed by atoms with van der Waals surface area (Å²) in [5.74, 6) is 1.13. The van der Waals surface area contributed by atoms with E-state index in [0.717, 1.165) is 12.1 Å². The number of ether oxygens (including phenoxy) is 1. The van der Waals surface area contributed by atoms with Gasteiger partial charge in [0.1, 0.15) is 0 Å². The fourth-order valence-corrected chi connectivity index (χ4v) is 2.97. The lowest BCUT2D eigenvalue weighted by molar-refractivity contribution is 0.185. The van der Waals surface area contributed by atoms with Crippen molar-refractivity contribution in [2.24, 2.45) is 0 Å². The number of rotatable bonds is 4. The highest BCUT2D eigenvalue weighted by Gasteiger charge is 2.33. The van der Waals surface area contributed by atoms with Crippen molar-refractivity contribution in [3.8, 4) is 11.4 Å². The molecule has 1 N–H and O–H groups in total. The average molecular weight is 328 g/mol. The van der Waals surface area contributed by atoms with E-state index in [1.54, 1.807) is 18.2 Å². The highest BCUT2D eigenvalue weighted by Crippen LogP contribution is 2.29. The summed E-state index contributed by atoms with van der Waals surface area (Å²) in [6, 6.07) is 5.38. The summed E-state index contributed by atoms with van der Waals surface area (Å²) in [5.41, 5.74) is 0.737. The first-order valence-electron chi connectivity index (χ1n) is 6.78. The molecule has 112 valence electrons. The van der Waals surface area contributed by atoms with E-state index in [-0.39, 0.29) is 12.0 Å². The molecule has 1 fully saturated rings. The van der Waals surface area contributed by atoms with Gasteiger partial charge in [-0.1, -0.05) is 35.3 Å². The van der Waals surface area contributed by atoms with E-state index in [1.807, 2.05) is 0 Å². The van der Waals surface area contributed by atoms with Crippen LogP contribution in [0, 0.1) is 0 Å². The third-order valence-electron chi connectivity index (χ3n) is 3.43. The third kappa shape index (κ3) is 3.21. The zero-order valence-corrected chi connectivity index (χ0v) is 13.0. The predicted octanol–water partition coefficient (Wildman–Crippen LogP) is 3.14. The van der Waals surface area contributed by atoms with Gasteiger partial charge in [-0.15, -0.1) is 0 Å². The number of likely N-dealkylation sites (N-methyl/N-ethyl adjacent to an activating group) is 1. The highest BCUT2D eigenvalue weighted by molar-refractivity contribution is 6.35. The minimum absolute atomic E-state index is 0.0702. The standard InChI is InChI=1S/C14H15Cl2N3O2/c1-2-17-12-7-20-6-11(12)14-18-13(19-21-14)8-3-9(15)5-10(16)4-8/h3-5,11-12,17H,2,6-7H2,1H3. The van der Waals surface area contributed by atoms with Crippen LogP contribution in [0.15, 0.2) is 22.7 Å². The molecule has 3 rings (SSSR count). The van der Waals surface area contributed by atoms with Gasteiger partial charge in [-0.3, -0.25) is 0 Å². The minimum Gasteiger partial charge on any atom is -0.379 e. The number of nitrogens with zero attached hydrogens (tertiary/aromatic N) is 2. The highest BCUT2D eigenvalue weighted by atomic mass is 35.5. The molecule has 1 saturated heterocycles. The molecule has 0 aliphatic carbocycles. The third-order valence-corrected chi connectivity index (χ3v) is 3.86. The molecular weight excluding hydrogens is 313 g/mol. The van der Waals surface area contributed by atoms with E-state index >= 15 is 0 Å². The summed E-state index contributed by atoms with van der Waals surface area (Å²) in [4.78, 5) is 4.46. The number of nitrogens with one attached hydrogen (secondary N) is 1. The first kappa shape index (κ1) is 14.8. The minimum atomic E-state index is 0.0702. The molecular formula is C14H15Cl2N3O2. The zero-order chi connectivity index (χ0) is 14.8. The normalized spacial score (nSPS) is 21.9. The number of halogens is 2. The van der Waals surface area contributed by atoms with Crippen molar-refractivity contribution in [1.29, 1.82) is 0 Å². The van der Waals surface area contributed by atoms with Crippen LogP contribution in [0.25, 0.3) is 11.4 Å². The van der Waals surface area contributed by atoms with Gasteiger partial charge in [0, 0.05) is 21.7 Å². The molecule has 2 aromatic rings. The molecule has 2 unspecified atom stereocenters. The molecule has 1 aliphatic heterocycles. The van der Waals surface area contributed by atoms with Crippen LogP contribution in [-0.4, -0.2) is 35.9 Å². The lowest BCUT2D eigenvalue weighted by Crippen LogP contribution is -2.34. The number of hydrogen-bond donors (Lipinski definition) is 1. The van der Waals surface area contributed by atoms with Crippen molar-refractivity contribution < 1.29 is 9.26 Å². The van der Waals surface area contributed by atoms with Crippen LogP contribution < -0.4 is 5.32 Å². The van der Waals surface area contributed by atoms with Crippen LogP contribution in [0.5, 0.6) is 0 Å². The van der Waals surface area contributed by atoms with Gasteiger partial charge in [-0.2, -0.15) is 4.98 Å². The molecule has 7 heteroatoms. The van der Waals surface area contributed by atoms with Crippen LogP contribution in [0.3, 0.4) is 0 Å². The Morgan fingerprint density at radius 2 is 2.00 bits per heavy atom. The fraction of sp³-hybridized carbons (Fsp3) is 0.429. The number of hydrogen-bond acceptors (Lipinski definition) is 5. The maximum atomic E-state index is 6.00. The summed E-state index contributed by atoms with van der Waals surface area (Å²) in [5, 5.41) is 8.47. The van der Waals surface area contributed by atoms with Gasteiger partial charge in [0.15, 0.2) is 0 Å². The Morgan fingerprint density at radius 3 is 2.71 bits per heavy atom. The van der Waals surface area contributed by atoms with E-state index in [0.29, 0.717) is 35.0 Å². The predicted molar refractivity (Wildman–Crippen MR) is 80.8 cm³/mol. The second-order valence-corrected chi connectivity index (χ2v) is 5.80. The Morgan fingerprint density at radius 1 is 1.24 bits per heavy atom. The monoisotopic (exact) mass is 327 g/mol. The molecule has 2 atom stereocenters. The van der Waals surface area contributed by atoms with E-state index in [4.69, 9.17) is 32.5 Å². The molecule has 0 amide bonds. The lowest BCUT2D eigenvalue weighted by atomic mass is 10.0. The van der Waals surface area contributed by atoms with Crippen molar-refractivity contribution in [1.82, 2.24) is 15.5 Å². The first-order chi connectivity index (χ1) is 10.2. The summed E-state index contributed by atoms with van der Waals surface area (Å²) < 4.78 is 10.9. The SMILES string of the molecule is CCNC1COCC1c1nc(-c2cc(Cl)cc(Cl)c2)no1. The number of aromatic nitrogens is 2. The molecule has 1 aliphatic rings. The van der Waals surface area contributed by atoms with Crippen LogP contribution in [0.2, 0.25) is 10.0 Å². The summed E-state index contributed by atoms with van der Waals surface area (Å²) in [6.07, 6.45) is 0. The Hall–Kier alpha value is -1.14. The maximum Gasteiger partial charge on any atom is 0.234 e. The van der Waals surface area contributed by atoms with Gasteiger partial charge in [-0.05, 0) is 24.7 Å². The molecule has 21 heavy (non-hydrogen) atoms. The van der Waals surface area contributed by atoms with E-state index in [2.05, 4.69) is 22.4 Å². The smallest absolute Gasteiger partial charge is 0.234 e. The Bertz CT molecular complexity index is 612. The van der Waals surface area contributed by atoms with Crippen molar-refractivity contribution in [2.45, 2.75) is 18.9 Å². The molecule has 0 saturated carbocycles. The van der Waals surface area contributed by atoms with Gasteiger partial charge in [0.05, 0.1) is 19.1 Å². The van der Waals surface area contributed by atoms with E-state index < -0.39 is 0 Å². The Labute approximate surface area is 132 Å². The molecule has 2 heterocycles. The van der Waals surface area contributed by atoms with Crippen molar-refractivity contribution >= 4 is 23.2 Å². The van der Waals surface area contributed by atoms with E-state index in [9.17, 15) is 0 Å². The first-order valence-corrected chi connectivity index (χ1v) is 7.54. The summed E-state index contributed by atoms with van der Waals surface area (Å²) in [6.45, 7) is 4.16. The fourth-order valence-electron chi connectivity index (χ4n) is 2.45. The largest absolute Gasteiger partial charge is 0.379 e. The molecule has 1 aromatic carbocycles. The molecule has 5 nitrogen and oxygen atoms in total. The second kappa shape index (κ2) is 6.32. The molecule has 1 aromatic heterocycles. The summed E-state index contributed by atoms with van der Waals surface area (Å²) in [7, 11) is 0. The maximum absolute atomic E-state index is 6.00. The second-order valence-electron chi connectivity index (χ2n) is 4.92. The molecule has 0 radical (unpaired) electrons. The lowest BCUT2D eigenvalue weighted by Gasteiger charge is -2.13. The van der Waals surface area contributed by atoms with Gasteiger partial charge in [0.2, 0.25) is 11.7 Å². The van der Waals surface area contributed by atoms with Crippen LogP contribution in [0.1, 0.15) is 18.7 Å². The van der Waals surface area contributed by atoms with Gasteiger partial charge in [-0.25, -0.2) is 0 Å². The average Bonchev–Trinajstić information content (AvgIpc) is 3.06. The van der Waals surface area contributed by atoms with Crippen molar-refractivity contribution in [2.75, 3.05) is 19.8 Å². The van der Waals surface area contributed by atoms with Gasteiger partial charge < -0.3 is 14.6 Å². The molecule has 0 spiro atoms. The van der Waals surface area contributed by atoms with Crippen molar-refractivity contribution in [3.05, 3.63) is 34.1 Å². The van der Waals surface area contributed by atoms with E-state index in [1.165, 1.54) is 0 Å². The van der Waals surface area contributed by atoms with Crippen LogP contribution >= 0.6 is 23.2 Å². The number of benzene rings is 1. The van der Waals surface area contributed by atoms with Gasteiger partial charge >= 0.3 is 0 Å². The Kier molecular flexibility index (Phi) is 4.45. The van der Waals surface area contributed by atoms with Crippen molar-refractivity contribution in [3.63, 3.8) is 0 Å².